The van der Waals surface area contributed by atoms with Crippen molar-refractivity contribution in [3.05, 3.63) is 47.0 Å². The van der Waals surface area contributed by atoms with Crippen LogP contribution in [0.4, 0.5) is 8.78 Å². The van der Waals surface area contributed by atoms with Crippen molar-refractivity contribution < 1.29 is 18.3 Å². The highest BCUT2D eigenvalue weighted by atomic mass is 19.1. The summed E-state index contributed by atoms with van der Waals surface area (Å²) in [6.45, 7) is 8.93. The average Bonchev–Trinajstić information content (AvgIpc) is 2.39. The number of esters is 1. The molecular weight excluding hydrogens is 274 g/mol. The first-order chi connectivity index (χ1) is 9.78. The second-order valence-corrected chi connectivity index (χ2v) is 5.98. The van der Waals surface area contributed by atoms with Crippen molar-refractivity contribution in [2.75, 3.05) is 0 Å². The summed E-state index contributed by atoms with van der Waals surface area (Å²) in [6.07, 6.45) is 1.78. The number of ether oxygens (including phenoxy) is 1. The minimum Gasteiger partial charge on any atom is -0.451 e. The van der Waals surface area contributed by atoms with Crippen LogP contribution in [-0.2, 0) is 21.6 Å². The lowest BCUT2D eigenvalue weighted by Gasteiger charge is -2.42. The highest BCUT2D eigenvalue weighted by Crippen LogP contribution is 2.45. The van der Waals surface area contributed by atoms with Gasteiger partial charge in [0.25, 0.3) is 0 Å². The van der Waals surface area contributed by atoms with Crippen molar-refractivity contribution in [2.24, 2.45) is 5.92 Å². The molecule has 0 saturated heterocycles. The van der Waals surface area contributed by atoms with Gasteiger partial charge in [-0.05, 0) is 43.7 Å². The maximum atomic E-state index is 14.0. The van der Waals surface area contributed by atoms with E-state index in [1.165, 1.54) is 6.07 Å². The van der Waals surface area contributed by atoms with Gasteiger partial charge in [0.15, 0.2) is 0 Å². The molecule has 0 saturated carbocycles. The van der Waals surface area contributed by atoms with Crippen molar-refractivity contribution in [1.82, 2.24) is 0 Å². The smallest absolute Gasteiger partial charge is 0.334 e. The number of halogens is 2. The Kier molecular flexibility index (Phi) is 4.17. The first-order valence-electron chi connectivity index (χ1n) is 7.15. The molecule has 2 rings (SSSR count). The maximum Gasteiger partial charge on any atom is 0.334 e. The Labute approximate surface area is 123 Å². The monoisotopic (exact) mass is 294 g/mol. The Bertz CT molecular complexity index is 593. The maximum absolute atomic E-state index is 14.0. The molecule has 1 aromatic carbocycles. The summed E-state index contributed by atoms with van der Waals surface area (Å²) < 4.78 is 33.4. The van der Waals surface area contributed by atoms with Gasteiger partial charge in [-0.3, -0.25) is 0 Å². The molecule has 0 aromatic heterocycles. The molecule has 2 nitrogen and oxygen atoms in total. The molecule has 4 heteroatoms. The van der Waals surface area contributed by atoms with Crippen molar-refractivity contribution >= 4 is 5.97 Å². The van der Waals surface area contributed by atoms with Crippen LogP contribution >= 0.6 is 0 Å². The van der Waals surface area contributed by atoms with E-state index in [9.17, 15) is 13.6 Å². The molecule has 114 valence electrons. The zero-order valence-electron chi connectivity index (χ0n) is 12.6. The van der Waals surface area contributed by atoms with Gasteiger partial charge in [0.05, 0.1) is 0 Å². The lowest BCUT2D eigenvalue weighted by Crippen LogP contribution is -2.41. The average molecular weight is 294 g/mol. The molecule has 0 fully saturated rings. The molecule has 0 bridgehead atoms. The summed E-state index contributed by atoms with van der Waals surface area (Å²) in [7, 11) is 0. The molecule has 0 N–H and O–H groups in total. The molecule has 0 amide bonds. The summed E-state index contributed by atoms with van der Waals surface area (Å²) in [6, 6.07) is 2.18. The van der Waals surface area contributed by atoms with E-state index in [4.69, 9.17) is 4.74 Å². The first-order valence-corrected chi connectivity index (χ1v) is 7.15. The molecule has 0 radical (unpaired) electrons. The lowest BCUT2D eigenvalue weighted by molar-refractivity contribution is -0.164. The van der Waals surface area contributed by atoms with Crippen molar-refractivity contribution in [3.63, 3.8) is 0 Å². The van der Waals surface area contributed by atoms with Crippen molar-refractivity contribution in [3.8, 4) is 0 Å². The molecule has 0 aliphatic heterocycles. The van der Waals surface area contributed by atoms with Crippen LogP contribution in [0.3, 0.4) is 0 Å². The molecule has 21 heavy (non-hydrogen) atoms. The minimum absolute atomic E-state index is 0.0963. The lowest BCUT2D eigenvalue weighted by atomic mass is 9.72. The molecular formula is C17H20F2O2. The fourth-order valence-electron chi connectivity index (χ4n) is 2.97. The normalized spacial score (nSPS) is 21.0. The summed E-state index contributed by atoms with van der Waals surface area (Å²) in [5, 5.41) is 0. The van der Waals surface area contributed by atoms with Crippen molar-refractivity contribution in [2.45, 2.75) is 45.6 Å². The van der Waals surface area contributed by atoms with Gasteiger partial charge >= 0.3 is 5.97 Å². The number of hydrogen-bond donors (Lipinski definition) is 0. The first kappa shape index (κ1) is 15.7. The molecule has 0 heterocycles. The number of carbonyl (C=O) groups excluding carboxylic acids is 1. The van der Waals surface area contributed by atoms with E-state index in [1.54, 1.807) is 6.92 Å². The van der Waals surface area contributed by atoms with Gasteiger partial charge in [-0.2, -0.15) is 0 Å². The number of fused-ring (bicyclic) bond motifs is 1. The quantitative estimate of drug-likeness (QED) is 0.614. The van der Waals surface area contributed by atoms with Gasteiger partial charge in [0.2, 0.25) is 0 Å². The van der Waals surface area contributed by atoms with Crippen molar-refractivity contribution in [1.29, 1.82) is 0 Å². The van der Waals surface area contributed by atoms with Crippen LogP contribution in [0.1, 0.15) is 44.7 Å². The third-order valence-corrected chi connectivity index (χ3v) is 4.15. The van der Waals surface area contributed by atoms with Crippen LogP contribution in [0.15, 0.2) is 24.3 Å². The summed E-state index contributed by atoms with van der Waals surface area (Å²) in [5.41, 5.74) is 0.188. The van der Waals surface area contributed by atoms with E-state index >= 15 is 0 Å². The van der Waals surface area contributed by atoms with Crippen LogP contribution in [-0.4, -0.2) is 5.97 Å². The van der Waals surface area contributed by atoms with E-state index < -0.39 is 23.2 Å². The fourth-order valence-corrected chi connectivity index (χ4v) is 2.97. The van der Waals surface area contributed by atoms with Crippen LogP contribution in [0.5, 0.6) is 0 Å². The minimum atomic E-state index is -0.993. The second-order valence-electron chi connectivity index (χ2n) is 5.98. The van der Waals surface area contributed by atoms with Crippen LogP contribution < -0.4 is 0 Å². The molecule has 1 atom stereocenters. The van der Waals surface area contributed by atoms with E-state index in [0.717, 1.165) is 6.07 Å². The van der Waals surface area contributed by atoms with Gasteiger partial charge in [-0.15, -0.1) is 0 Å². The molecule has 0 spiro atoms. The molecule has 1 aromatic rings. The van der Waals surface area contributed by atoms with E-state index in [0.29, 0.717) is 30.4 Å². The number of benzene rings is 1. The number of hydrogen-bond acceptors (Lipinski definition) is 2. The van der Waals surface area contributed by atoms with Gasteiger partial charge in [-0.1, -0.05) is 20.4 Å². The second kappa shape index (κ2) is 5.58. The summed E-state index contributed by atoms with van der Waals surface area (Å²) in [5.74, 6) is -1.84. The third-order valence-electron chi connectivity index (χ3n) is 4.15. The van der Waals surface area contributed by atoms with E-state index in [-0.39, 0.29) is 11.5 Å². The Morgan fingerprint density at radius 3 is 2.62 bits per heavy atom. The van der Waals surface area contributed by atoms with E-state index in [2.05, 4.69) is 6.58 Å². The Hall–Kier alpha value is -1.71. The third kappa shape index (κ3) is 2.71. The predicted octanol–water partition coefficient (Wildman–Crippen LogP) is 4.27. The largest absolute Gasteiger partial charge is 0.451 e. The summed E-state index contributed by atoms with van der Waals surface area (Å²) in [4.78, 5) is 12.0. The van der Waals surface area contributed by atoms with Crippen LogP contribution in [0, 0.1) is 17.6 Å². The fraction of sp³-hybridized carbons (Fsp3) is 0.471. The zero-order valence-corrected chi connectivity index (χ0v) is 12.6. The van der Waals surface area contributed by atoms with Gasteiger partial charge in [0.1, 0.15) is 17.2 Å². The molecule has 1 aliphatic carbocycles. The summed E-state index contributed by atoms with van der Waals surface area (Å²) >= 11 is 0. The predicted molar refractivity (Wildman–Crippen MR) is 76.7 cm³/mol. The zero-order chi connectivity index (χ0) is 15.8. The van der Waals surface area contributed by atoms with Gasteiger partial charge < -0.3 is 4.74 Å². The highest BCUT2D eigenvalue weighted by molar-refractivity contribution is 5.87. The molecule has 1 unspecified atom stereocenters. The topological polar surface area (TPSA) is 26.3 Å². The standard InChI is InChI=1S/C17H20F2O2/c1-10(2)16(20)21-17(11(3)4)7-5-6-13-14(17)8-12(18)9-15(13)19/h8-9,11H,1,5-7H2,2-4H3. The Morgan fingerprint density at radius 2 is 2.05 bits per heavy atom. The number of rotatable bonds is 3. The van der Waals surface area contributed by atoms with Crippen LogP contribution in [0.2, 0.25) is 0 Å². The van der Waals surface area contributed by atoms with E-state index in [1.807, 2.05) is 13.8 Å². The molecule has 1 aliphatic rings. The Morgan fingerprint density at radius 1 is 1.38 bits per heavy atom. The SMILES string of the molecule is C=C(C)C(=O)OC1(C(C)C)CCCc2c(F)cc(F)cc21. The highest BCUT2D eigenvalue weighted by Gasteiger charge is 2.44. The Balaban J connectivity index is 2.59. The number of carbonyl (C=O) groups is 1. The van der Waals surface area contributed by atoms with Gasteiger partial charge in [-0.25, -0.2) is 13.6 Å². The van der Waals surface area contributed by atoms with Gasteiger partial charge in [0, 0.05) is 17.2 Å². The van der Waals surface area contributed by atoms with Crippen LogP contribution in [0.25, 0.3) is 0 Å².